The van der Waals surface area contributed by atoms with Gasteiger partial charge in [-0.15, -0.1) is 0 Å². The van der Waals surface area contributed by atoms with Crippen LogP contribution in [0.25, 0.3) is 0 Å². The molecule has 90 valence electrons. The Labute approximate surface area is 98.1 Å². The van der Waals surface area contributed by atoms with Crippen molar-refractivity contribution in [1.82, 2.24) is 15.0 Å². The van der Waals surface area contributed by atoms with E-state index >= 15 is 0 Å². The number of primary amides is 1. The lowest BCUT2D eigenvalue weighted by atomic mass is 10.1. The van der Waals surface area contributed by atoms with E-state index in [0.717, 1.165) is 0 Å². The van der Waals surface area contributed by atoms with Gasteiger partial charge in [-0.2, -0.15) is 9.97 Å². The molecule has 1 saturated heterocycles. The lowest BCUT2D eigenvalue weighted by molar-refractivity contribution is -0.123. The van der Waals surface area contributed by atoms with Gasteiger partial charge >= 0.3 is 0 Å². The molecule has 2 amide bonds. The molecule has 2 rings (SSSR count). The van der Waals surface area contributed by atoms with Crippen LogP contribution in [0, 0.1) is 19.8 Å². The van der Waals surface area contributed by atoms with Gasteiger partial charge in [0.05, 0.1) is 5.92 Å². The van der Waals surface area contributed by atoms with Gasteiger partial charge in [-0.25, -0.2) is 4.98 Å². The smallest absolute Gasteiger partial charge is 0.235 e. The molecule has 1 aliphatic heterocycles. The third kappa shape index (κ3) is 2.22. The van der Waals surface area contributed by atoms with Crippen molar-refractivity contribution in [3.8, 4) is 0 Å². The zero-order chi connectivity index (χ0) is 12.6. The third-order valence-electron chi connectivity index (χ3n) is 2.62. The van der Waals surface area contributed by atoms with Crippen LogP contribution in [0.1, 0.15) is 18.1 Å². The normalized spacial score (nSPS) is 19.8. The summed E-state index contributed by atoms with van der Waals surface area (Å²) in [6.07, 6.45) is 0.124. The van der Waals surface area contributed by atoms with Crippen LogP contribution >= 0.6 is 0 Å². The number of carbonyl (C=O) groups excluding carboxylic acids is 2. The highest BCUT2D eigenvalue weighted by Gasteiger charge is 2.35. The fraction of sp³-hybridized carbons (Fsp3) is 0.500. The predicted octanol–water partition coefficient (Wildman–Crippen LogP) is -0.673. The molecular weight excluding hydrogens is 222 g/mol. The topological polar surface area (TPSA) is 102 Å². The first kappa shape index (κ1) is 11.4. The van der Waals surface area contributed by atoms with Crippen molar-refractivity contribution in [2.75, 3.05) is 11.4 Å². The van der Waals surface area contributed by atoms with Crippen molar-refractivity contribution in [1.29, 1.82) is 0 Å². The van der Waals surface area contributed by atoms with Crippen LogP contribution in [0.5, 0.6) is 0 Å². The van der Waals surface area contributed by atoms with E-state index in [1.165, 1.54) is 4.90 Å². The van der Waals surface area contributed by atoms with Gasteiger partial charge in [0.1, 0.15) is 11.6 Å². The van der Waals surface area contributed by atoms with Crippen molar-refractivity contribution >= 4 is 17.8 Å². The first-order valence-electron chi connectivity index (χ1n) is 5.26. The summed E-state index contributed by atoms with van der Waals surface area (Å²) in [7, 11) is 0. The highest BCUT2D eigenvalue weighted by Crippen LogP contribution is 2.21. The minimum Gasteiger partial charge on any atom is -0.369 e. The molecule has 17 heavy (non-hydrogen) atoms. The number of aryl methyl sites for hydroxylation is 2. The molecule has 2 heterocycles. The van der Waals surface area contributed by atoms with E-state index in [-0.39, 0.29) is 18.9 Å². The zero-order valence-electron chi connectivity index (χ0n) is 9.67. The summed E-state index contributed by atoms with van der Waals surface area (Å²) in [6, 6.07) is 0. The molecule has 1 atom stereocenters. The van der Waals surface area contributed by atoms with Gasteiger partial charge in [-0.05, 0) is 13.8 Å². The van der Waals surface area contributed by atoms with E-state index in [9.17, 15) is 9.59 Å². The van der Waals surface area contributed by atoms with Crippen LogP contribution in [0.4, 0.5) is 5.95 Å². The van der Waals surface area contributed by atoms with Crippen LogP contribution in [0.15, 0.2) is 0 Å². The number of amides is 2. The third-order valence-corrected chi connectivity index (χ3v) is 2.62. The molecular formula is C10H13N5O2. The van der Waals surface area contributed by atoms with E-state index in [4.69, 9.17) is 5.73 Å². The molecule has 0 aliphatic carbocycles. The van der Waals surface area contributed by atoms with Crippen molar-refractivity contribution < 1.29 is 9.59 Å². The Balaban J connectivity index is 2.28. The average Bonchev–Trinajstić information content (AvgIpc) is 2.59. The Morgan fingerprint density at radius 1 is 1.29 bits per heavy atom. The second-order valence-corrected chi connectivity index (χ2v) is 4.04. The molecule has 0 saturated carbocycles. The van der Waals surface area contributed by atoms with E-state index < -0.39 is 11.8 Å². The highest BCUT2D eigenvalue weighted by molar-refractivity contribution is 5.98. The van der Waals surface area contributed by atoms with Gasteiger partial charge in [-0.3, -0.25) is 14.5 Å². The Kier molecular flexibility index (Phi) is 2.74. The van der Waals surface area contributed by atoms with Gasteiger partial charge in [0.2, 0.25) is 17.8 Å². The van der Waals surface area contributed by atoms with Gasteiger partial charge in [0.15, 0.2) is 0 Å². The molecule has 1 aromatic heterocycles. The maximum Gasteiger partial charge on any atom is 0.235 e. The molecule has 0 radical (unpaired) electrons. The van der Waals surface area contributed by atoms with Gasteiger partial charge in [0.25, 0.3) is 0 Å². The predicted molar refractivity (Wildman–Crippen MR) is 59.0 cm³/mol. The molecule has 1 fully saturated rings. The molecule has 0 spiro atoms. The van der Waals surface area contributed by atoms with Crippen LogP contribution in [0.3, 0.4) is 0 Å². The van der Waals surface area contributed by atoms with Crippen molar-refractivity contribution in [2.45, 2.75) is 20.3 Å². The van der Waals surface area contributed by atoms with Crippen LogP contribution in [0.2, 0.25) is 0 Å². The molecule has 7 nitrogen and oxygen atoms in total. The van der Waals surface area contributed by atoms with Crippen LogP contribution in [-0.2, 0) is 9.59 Å². The number of rotatable bonds is 2. The molecule has 0 bridgehead atoms. The number of carbonyl (C=O) groups is 2. The molecule has 2 N–H and O–H groups in total. The summed E-state index contributed by atoms with van der Waals surface area (Å²) >= 11 is 0. The second kappa shape index (κ2) is 4.08. The molecule has 1 aliphatic rings. The lowest BCUT2D eigenvalue weighted by Gasteiger charge is -2.14. The fourth-order valence-electron chi connectivity index (χ4n) is 1.81. The Morgan fingerprint density at radius 2 is 1.88 bits per heavy atom. The molecule has 1 aromatic rings. The van der Waals surface area contributed by atoms with Crippen molar-refractivity contribution in [3.63, 3.8) is 0 Å². The largest absolute Gasteiger partial charge is 0.369 e. The summed E-state index contributed by atoms with van der Waals surface area (Å²) in [5.74, 6) is 0.274. The quantitative estimate of drug-likeness (QED) is 0.732. The van der Waals surface area contributed by atoms with Crippen molar-refractivity contribution in [3.05, 3.63) is 11.6 Å². The number of nitrogens with two attached hydrogens (primary N) is 1. The number of aromatic nitrogens is 3. The average molecular weight is 235 g/mol. The standard InChI is InChI=1S/C10H13N5O2/c1-5-12-6(2)14-10(13-5)15-4-7(9(11)17)3-8(15)16/h7H,3-4H2,1-2H3,(H2,11,17). The Bertz CT molecular complexity index is 467. The summed E-state index contributed by atoms with van der Waals surface area (Å²) in [4.78, 5) is 36.4. The SMILES string of the molecule is Cc1nc(C)nc(N2CC(C(N)=O)CC2=O)n1. The molecule has 1 unspecified atom stereocenters. The van der Waals surface area contributed by atoms with E-state index in [1.54, 1.807) is 13.8 Å². The second-order valence-electron chi connectivity index (χ2n) is 4.04. The molecule has 0 aromatic carbocycles. The summed E-state index contributed by atoms with van der Waals surface area (Å²) in [5.41, 5.74) is 5.19. The van der Waals surface area contributed by atoms with Crippen LogP contribution in [-0.4, -0.2) is 33.3 Å². The maximum atomic E-state index is 11.7. The first-order valence-corrected chi connectivity index (χ1v) is 5.26. The summed E-state index contributed by atoms with van der Waals surface area (Å²) in [5, 5.41) is 0. The molecule has 7 heteroatoms. The fourth-order valence-corrected chi connectivity index (χ4v) is 1.81. The van der Waals surface area contributed by atoms with Crippen molar-refractivity contribution in [2.24, 2.45) is 11.7 Å². The monoisotopic (exact) mass is 235 g/mol. The first-order chi connectivity index (χ1) is 7.97. The number of hydrogen-bond donors (Lipinski definition) is 1. The van der Waals surface area contributed by atoms with E-state index in [2.05, 4.69) is 15.0 Å². The Morgan fingerprint density at radius 3 is 2.35 bits per heavy atom. The highest BCUT2D eigenvalue weighted by atomic mass is 16.2. The van der Waals surface area contributed by atoms with Gasteiger partial charge in [0, 0.05) is 13.0 Å². The van der Waals surface area contributed by atoms with E-state index in [1.807, 2.05) is 0 Å². The minimum absolute atomic E-state index is 0.124. The van der Waals surface area contributed by atoms with Crippen LogP contribution < -0.4 is 10.6 Å². The summed E-state index contributed by atoms with van der Waals surface area (Å²) in [6.45, 7) is 3.70. The zero-order valence-corrected chi connectivity index (χ0v) is 9.67. The minimum atomic E-state index is -0.469. The number of anilines is 1. The summed E-state index contributed by atoms with van der Waals surface area (Å²) < 4.78 is 0. The Hall–Kier alpha value is -2.05. The van der Waals surface area contributed by atoms with Gasteiger partial charge < -0.3 is 5.73 Å². The maximum absolute atomic E-state index is 11.7. The van der Waals surface area contributed by atoms with Gasteiger partial charge in [-0.1, -0.05) is 0 Å². The lowest BCUT2D eigenvalue weighted by Crippen LogP contribution is -2.30. The number of nitrogens with zero attached hydrogens (tertiary/aromatic N) is 4. The number of hydrogen-bond acceptors (Lipinski definition) is 5. The van der Waals surface area contributed by atoms with E-state index in [0.29, 0.717) is 17.6 Å².